The first-order valence-corrected chi connectivity index (χ1v) is 20.2. The molecule has 0 amide bonds. The van der Waals surface area contributed by atoms with E-state index in [1.807, 2.05) is 71.2 Å². The molecule has 17 heteroatoms. The number of ether oxygens (including phenoxy) is 4. The van der Waals surface area contributed by atoms with Gasteiger partial charge in [-0.1, -0.05) is 48.6 Å². The normalized spacial score (nSPS) is 23.0. The van der Waals surface area contributed by atoms with Crippen LogP contribution in [0, 0.1) is 34.4 Å². The predicted molar refractivity (Wildman–Crippen MR) is 206 cm³/mol. The van der Waals surface area contributed by atoms with Crippen molar-refractivity contribution >= 4 is 95.8 Å². The second-order valence-corrected chi connectivity index (χ2v) is 17.2. The summed E-state index contributed by atoms with van der Waals surface area (Å²) in [5.41, 5.74) is 1.63. The summed E-state index contributed by atoms with van der Waals surface area (Å²) in [6, 6.07) is 14.8. The minimum Gasteiger partial charge on any atom is -0.507 e. The standard InChI is InChI=1S/C35H27F2I3O11S/c36-35(37,52(45,46)47)16-50-32(42)17-13-24(39)31(25(40)14-17)51-34(44)30-28-21-7-3-1-5-19(21)27(20-6-2-4-8-22(20)28)29(30)33(43)49-12-11-48-18-9-10-26(41)23(38)15-18/h1-10,13-15,19,21,27-30,41H,11-12,16H2,(H,45,46,47). The van der Waals surface area contributed by atoms with E-state index in [0.717, 1.165) is 11.1 Å². The van der Waals surface area contributed by atoms with Crippen LogP contribution in [0.4, 0.5) is 8.78 Å². The van der Waals surface area contributed by atoms with Gasteiger partial charge in [0.15, 0.2) is 12.4 Å². The van der Waals surface area contributed by atoms with Crippen molar-refractivity contribution in [1.29, 1.82) is 0 Å². The lowest BCUT2D eigenvalue weighted by atomic mass is 9.48. The third-order valence-electron chi connectivity index (χ3n) is 9.17. The third-order valence-corrected chi connectivity index (χ3v) is 12.5. The zero-order valence-corrected chi connectivity index (χ0v) is 33.7. The summed E-state index contributed by atoms with van der Waals surface area (Å²) >= 11 is 5.56. The van der Waals surface area contributed by atoms with Crippen molar-refractivity contribution < 1.29 is 60.2 Å². The quantitative estimate of drug-likeness (QED) is 0.0679. The molecule has 1 fully saturated rings. The van der Waals surface area contributed by atoms with Gasteiger partial charge in [-0.05, 0) is 121 Å². The minimum atomic E-state index is -5.82. The lowest BCUT2D eigenvalue weighted by Crippen LogP contribution is -2.54. The molecule has 0 aromatic heterocycles. The molecule has 6 atom stereocenters. The fourth-order valence-corrected chi connectivity index (χ4v) is 9.70. The first-order valence-electron chi connectivity index (χ1n) is 15.5. The highest BCUT2D eigenvalue weighted by Gasteiger charge is 2.61. The average molecular weight is 1070 g/mol. The second-order valence-electron chi connectivity index (χ2n) is 12.2. The molecule has 0 saturated heterocycles. The maximum absolute atomic E-state index is 14.4. The average Bonchev–Trinajstić information content (AvgIpc) is 3.11. The molecule has 7 rings (SSSR count). The van der Waals surface area contributed by atoms with Crippen LogP contribution in [0.25, 0.3) is 0 Å². The van der Waals surface area contributed by atoms with E-state index in [9.17, 15) is 36.7 Å². The summed E-state index contributed by atoms with van der Waals surface area (Å²) in [6.45, 7) is -2.00. The monoisotopic (exact) mass is 1070 g/mol. The SMILES string of the molecule is O=C(OCC(F)(F)S(=O)(=O)O)c1cc(I)c(OC(=O)C2C(C(=O)OCCOc3ccc(O)c(I)c3)C3c4ccccc4C2C2C=CC=CC23)c(I)c1. The molecule has 1 saturated carbocycles. The van der Waals surface area contributed by atoms with Gasteiger partial charge in [0.2, 0.25) is 0 Å². The molecule has 274 valence electrons. The summed E-state index contributed by atoms with van der Waals surface area (Å²) in [5.74, 6) is -4.97. The van der Waals surface area contributed by atoms with Crippen molar-refractivity contribution in [2.75, 3.05) is 19.8 Å². The smallest absolute Gasteiger partial charge is 0.402 e. The van der Waals surface area contributed by atoms with Gasteiger partial charge in [-0.15, -0.1) is 0 Å². The number of phenols is 1. The summed E-state index contributed by atoms with van der Waals surface area (Å²) in [5, 5.41) is 5.07. The number of benzene rings is 3. The summed E-state index contributed by atoms with van der Waals surface area (Å²) in [4.78, 5) is 41.0. The number of hydrogen-bond acceptors (Lipinski definition) is 10. The number of halogens is 5. The van der Waals surface area contributed by atoms with Gasteiger partial charge in [-0.3, -0.25) is 14.1 Å². The molecule has 3 aromatic carbocycles. The number of hydrogen-bond donors (Lipinski definition) is 2. The fraction of sp³-hybridized carbons (Fsp3) is 0.286. The molecule has 0 radical (unpaired) electrons. The Morgan fingerprint density at radius 2 is 1.37 bits per heavy atom. The first kappa shape index (κ1) is 38.8. The van der Waals surface area contributed by atoms with E-state index in [1.165, 1.54) is 18.2 Å². The van der Waals surface area contributed by atoms with Crippen LogP contribution in [0.3, 0.4) is 0 Å². The van der Waals surface area contributed by atoms with Gasteiger partial charge in [0.05, 0.1) is 28.1 Å². The van der Waals surface area contributed by atoms with E-state index >= 15 is 0 Å². The summed E-state index contributed by atoms with van der Waals surface area (Å²) < 4.78 is 80.8. The van der Waals surface area contributed by atoms with Gasteiger partial charge in [0.1, 0.15) is 24.7 Å². The number of carbonyl (C=O) groups excluding carboxylic acids is 3. The van der Waals surface area contributed by atoms with E-state index in [1.54, 1.807) is 57.3 Å². The van der Waals surface area contributed by atoms with Crippen molar-refractivity contribution in [2.24, 2.45) is 23.7 Å². The van der Waals surface area contributed by atoms with Crippen LogP contribution in [-0.2, 0) is 29.2 Å². The Bertz CT molecular complexity index is 2080. The van der Waals surface area contributed by atoms with Gasteiger partial charge in [-0.25, -0.2) is 4.79 Å². The highest BCUT2D eigenvalue weighted by molar-refractivity contribution is 14.1. The number of allylic oxidation sites excluding steroid dienone is 4. The molecule has 4 aliphatic carbocycles. The summed E-state index contributed by atoms with van der Waals surface area (Å²) in [7, 11) is -5.82. The number of fused-ring (bicyclic) bond motifs is 1. The molecule has 11 nitrogen and oxygen atoms in total. The molecule has 4 aliphatic rings. The number of rotatable bonds is 11. The van der Waals surface area contributed by atoms with Crippen molar-refractivity contribution in [1.82, 2.24) is 0 Å². The lowest BCUT2D eigenvalue weighted by Gasteiger charge is -2.54. The Kier molecular flexibility index (Phi) is 11.5. The Hall–Kier alpha value is -2.89. The van der Waals surface area contributed by atoms with Crippen LogP contribution in [0.1, 0.15) is 33.3 Å². The van der Waals surface area contributed by atoms with E-state index in [4.69, 9.17) is 18.8 Å². The van der Waals surface area contributed by atoms with Gasteiger partial charge < -0.3 is 24.1 Å². The topological polar surface area (TPSA) is 163 Å². The predicted octanol–water partition coefficient (Wildman–Crippen LogP) is 6.86. The first-order chi connectivity index (χ1) is 24.6. The molecule has 0 heterocycles. The molecule has 0 spiro atoms. The molecular weight excluding hydrogens is 1050 g/mol. The van der Waals surface area contributed by atoms with Crippen LogP contribution < -0.4 is 9.47 Å². The number of aromatic hydroxyl groups is 1. The molecule has 2 bridgehead atoms. The van der Waals surface area contributed by atoms with Gasteiger partial charge in [0, 0.05) is 11.8 Å². The van der Waals surface area contributed by atoms with Crippen molar-refractivity contribution in [3.8, 4) is 17.2 Å². The van der Waals surface area contributed by atoms with Crippen LogP contribution in [0.15, 0.2) is 78.9 Å². The van der Waals surface area contributed by atoms with Crippen LogP contribution in [-0.4, -0.2) is 61.1 Å². The highest BCUT2D eigenvalue weighted by atomic mass is 127. The second kappa shape index (κ2) is 15.5. The van der Waals surface area contributed by atoms with Crippen molar-refractivity contribution in [3.05, 3.63) is 106 Å². The number of esters is 3. The minimum absolute atomic E-state index is 0.0203. The van der Waals surface area contributed by atoms with E-state index in [-0.39, 0.29) is 49.3 Å². The lowest BCUT2D eigenvalue weighted by molar-refractivity contribution is -0.164. The van der Waals surface area contributed by atoms with Gasteiger partial charge in [-0.2, -0.15) is 17.2 Å². The Morgan fingerprint density at radius 3 is 1.92 bits per heavy atom. The molecule has 52 heavy (non-hydrogen) atoms. The Morgan fingerprint density at radius 1 is 0.788 bits per heavy atom. The molecule has 6 unspecified atom stereocenters. The third kappa shape index (κ3) is 7.69. The van der Waals surface area contributed by atoms with Crippen LogP contribution >= 0.6 is 67.8 Å². The number of alkyl halides is 2. The summed E-state index contributed by atoms with van der Waals surface area (Å²) in [6.07, 6.45) is 7.92. The van der Waals surface area contributed by atoms with Crippen LogP contribution in [0.5, 0.6) is 17.2 Å². The molecule has 0 aliphatic heterocycles. The molecular formula is C35H27F2I3O11S. The zero-order valence-electron chi connectivity index (χ0n) is 26.5. The van der Waals surface area contributed by atoms with Crippen molar-refractivity contribution in [3.63, 3.8) is 0 Å². The zero-order chi connectivity index (χ0) is 37.5. The maximum Gasteiger partial charge on any atom is 0.402 e. The largest absolute Gasteiger partial charge is 0.507 e. The highest BCUT2D eigenvalue weighted by Crippen LogP contribution is 2.62. The van der Waals surface area contributed by atoms with E-state index < -0.39 is 63.6 Å². The number of phenolic OH excluding ortho intramolecular Hbond substituents is 1. The molecule has 3 aromatic rings. The van der Waals surface area contributed by atoms with E-state index in [2.05, 4.69) is 4.74 Å². The van der Waals surface area contributed by atoms with Crippen molar-refractivity contribution in [2.45, 2.75) is 17.1 Å². The number of carbonyl (C=O) groups is 3. The van der Waals surface area contributed by atoms with E-state index in [0.29, 0.717) is 9.32 Å². The fourth-order valence-electron chi connectivity index (χ4n) is 7.02. The Balaban J connectivity index is 1.26. The van der Waals surface area contributed by atoms with Gasteiger partial charge >= 0.3 is 33.3 Å². The van der Waals surface area contributed by atoms with Crippen LogP contribution in [0.2, 0.25) is 0 Å². The van der Waals surface area contributed by atoms with Gasteiger partial charge in [0.25, 0.3) is 0 Å². The molecule has 2 N–H and O–H groups in total. The Labute approximate surface area is 337 Å². The maximum atomic E-state index is 14.4.